The molecule has 1 aromatic heterocycles. The first-order valence-electron chi connectivity index (χ1n) is 13.1. The molecule has 0 bridgehead atoms. The summed E-state index contributed by atoms with van der Waals surface area (Å²) in [6.45, 7) is -0.190. The third-order valence-electron chi connectivity index (χ3n) is 8.87. The van der Waals surface area contributed by atoms with Crippen LogP contribution in [0.1, 0.15) is 35.1 Å². The van der Waals surface area contributed by atoms with E-state index in [1.165, 1.54) is 4.90 Å². The summed E-state index contributed by atoms with van der Waals surface area (Å²) in [7, 11) is -3.19. The fraction of sp³-hybridized carbons (Fsp3) is 0.310. The highest BCUT2D eigenvalue weighted by Crippen LogP contribution is 2.50. The van der Waals surface area contributed by atoms with E-state index < -0.39 is 20.7 Å². The molecule has 1 fully saturated rings. The molecule has 204 valence electrons. The van der Waals surface area contributed by atoms with Gasteiger partial charge in [-0.1, -0.05) is 28.1 Å². The van der Waals surface area contributed by atoms with Gasteiger partial charge in [0.1, 0.15) is 22.2 Å². The number of pyridine rings is 1. The minimum absolute atomic E-state index is 0.0556. The molecule has 1 atom stereocenters. The van der Waals surface area contributed by atoms with Crippen LogP contribution in [0.4, 0.5) is 17.2 Å². The van der Waals surface area contributed by atoms with E-state index in [4.69, 9.17) is 0 Å². The van der Waals surface area contributed by atoms with E-state index in [2.05, 4.69) is 31.5 Å². The topological polar surface area (TPSA) is 126 Å². The fourth-order valence-corrected chi connectivity index (χ4v) is 8.71. The Labute approximate surface area is 239 Å². The third kappa shape index (κ3) is 3.74. The number of nitrogens with zero attached hydrogens (tertiary/aromatic N) is 2. The number of carbonyl (C=O) groups is 3. The van der Waals surface area contributed by atoms with Gasteiger partial charge < -0.3 is 15.5 Å². The van der Waals surface area contributed by atoms with Crippen molar-refractivity contribution in [1.29, 1.82) is 0 Å². The maximum atomic E-state index is 13.8. The van der Waals surface area contributed by atoms with Gasteiger partial charge in [-0.25, -0.2) is 13.4 Å². The van der Waals surface area contributed by atoms with Gasteiger partial charge in [0.25, 0.3) is 0 Å². The van der Waals surface area contributed by atoms with Crippen molar-refractivity contribution in [2.75, 3.05) is 33.6 Å². The molecule has 1 unspecified atom stereocenters. The quantitative estimate of drug-likeness (QED) is 0.463. The van der Waals surface area contributed by atoms with Gasteiger partial charge in [0.05, 0.1) is 22.3 Å². The van der Waals surface area contributed by atoms with E-state index in [0.29, 0.717) is 30.0 Å². The number of nitrogens with one attached hydrogen (secondary N) is 2. The van der Waals surface area contributed by atoms with Crippen molar-refractivity contribution in [1.82, 2.24) is 4.98 Å². The zero-order valence-corrected chi connectivity index (χ0v) is 23.8. The number of hydrogen-bond acceptors (Lipinski definition) is 6. The number of aromatic nitrogens is 1. The van der Waals surface area contributed by atoms with E-state index in [9.17, 15) is 22.8 Å². The average Bonchev–Trinajstić information content (AvgIpc) is 3.51. The molecule has 3 aliphatic heterocycles. The van der Waals surface area contributed by atoms with Crippen molar-refractivity contribution in [3.63, 3.8) is 0 Å². The second-order valence-corrected chi connectivity index (χ2v) is 14.3. The van der Waals surface area contributed by atoms with Crippen molar-refractivity contribution in [2.24, 2.45) is 0 Å². The lowest BCUT2D eigenvalue weighted by atomic mass is 9.76. The molecule has 4 aliphatic rings. The van der Waals surface area contributed by atoms with Crippen LogP contribution >= 0.6 is 15.9 Å². The van der Waals surface area contributed by atoms with Crippen LogP contribution in [0.2, 0.25) is 0 Å². The van der Waals surface area contributed by atoms with E-state index in [0.717, 1.165) is 26.7 Å². The standard InChI is InChI=1S/C29H25BrN4O5S/c30-19-4-6-23-22(13-19)28(7-10-40(38,39)11-8-28)27(37)34(23)16-24(35)32-20-5-3-17-14-29(15-18(17)12-20)21-2-1-9-31-25(21)33-26(29)36/h1-6,9,12-13H,7-8,10-11,14-16H2,(H,32,35)(H,31,33,36). The molecule has 3 aromatic rings. The lowest BCUT2D eigenvalue weighted by Gasteiger charge is -2.32. The Kier molecular flexibility index (Phi) is 5.53. The van der Waals surface area contributed by atoms with Crippen LogP contribution < -0.4 is 15.5 Å². The molecule has 40 heavy (non-hydrogen) atoms. The SMILES string of the molecule is O=C(CN1C(=O)C2(CCS(=O)(=O)CC2)c2cc(Br)ccc21)Nc1ccc2c(c1)CC1(C2)C(=O)Nc2ncccc21. The van der Waals surface area contributed by atoms with Crippen molar-refractivity contribution in [2.45, 2.75) is 36.5 Å². The Bertz CT molecular complexity index is 1740. The summed E-state index contributed by atoms with van der Waals surface area (Å²) in [5.41, 5.74) is 3.28. The van der Waals surface area contributed by atoms with Gasteiger partial charge >= 0.3 is 0 Å². The van der Waals surface area contributed by atoms with Gasteiger partial charge in [-0.05, 0) is 78.8 Å². The van der Waals surface area contributed by atoms with Crippen LogP contribution in [0, 0.1) is 0 Å². The molecule has 0 saturated carbocycles. The maximum absolute atomic E-state index is 13.8. The van der Waals surface area contributed by atoms with Crippen LogP contribution in [-0.2, 0) is 47.9 Å². The highest BCUT2D eigenvalue weighted by atomic mass is 79.9. The molecular weight excluding hydrogens is 596 g/mol. The molecule has 4 heterocycles. The second kappa shape index (κ2) is 8.71. The molecule has 1 aliphatic carbocycles. The van der Waals surface area contributed by atoms with Gasteiger partial charge in [0.2, 0.25) is 17.7 Å². The molecule has 2 N–H and O–H groups in total. The fourth-order valence-electron chi connectivity index (χ4n) is 6.83. The number of carbonyl (C=O) groups excluding carboxylic acids is 3. The summed E-state index contributed by atoms with van der Waals surface area (Å²) in [5.74, 6) is -0.167. The Morgan fingerprint density at radius 3 is 2.58 bits per heavy atom. The number of rotatable bonds is 3. The van der Waals surface area contributed by atoms with Crippen LogP contribution in [0.5, 0.6) is 0 Å². The molecule has 0 radical (unpaired) electrons. The first-order valence-corrected chi connectivity index (χ1v) is 15.7. The summed E-state index contributed by atoms with van der Waals surface area (Å²) in [6.07, 6.45) is 3.14. The molecular formula is C29H25BrN4O5S. The normalized spacial score (nSPS) is 23.2. The number of amides is 3. The van der Waals surface area contributed by atoms with Crippen LogP contribution in [0.3, 0.4) is 0 Å². The second-order valence-electron chi connectivity index (χ2n) is 11.1. The highest BCUT2D eigenvalue weighted by molar-refractivity contribution is 9.10. The minimum Gasteiger partial charge on any atom is -0.325 e. The van der Waals surface area contributed by atoms with Crippen molar-refractivity contribution in [3.05, 3.63) is 81.5 Å². The average molecular weight is 622 g/mol. The molecule has 9 nitrogen and oxygen atoms in total. The first kappa shape index (κ1) is 25.4. The number of halogens is 1. The van der Waals surface area contributed by atoms with E-state index in [-0.39, 0.29) is 48.6 Å². The maximum Gasteiger partial charge on any atom is 0.244 e. The minimum atomic E-state index is -3.19. The van der Waals surface area contributed by atoms with Crippen LogP contribution in [0.15, 0.2) is 59.2 Å². The van der Waals surface area contributed by atoms with Gasteiger partial charge in [-0.15, -0.1) is 0 Å². The number of hydrogen-bond donors (Lipinski definition) is 2. The molecule has 11 heteroatoms. The van der Waals surface area contributed by atoms with Gasteiger partial charge in [0.15, 0.2) is 0 Å². The first-order chi connectivity index (χ1) is 19.1. The predicted molar refractivity (Wildman–Crippen MR) is 153 cm³/mol. The zero-order chi connectivity index (χ0) is 27.9. The van der Waals surface area contributed by atoms with Crippen LogP contribution in [-0.4, -0.2) is 49.2 Å². The lowest BCUT2D eigenvalue weighted by Crippen LogP contribution is -2.47. The predicted octanol–water partition coefficient (Wildman–Crippen LogP) is 3.26. The zero-order valence-electron chi connectivity index (χ0n) is 21.4. The molecule has 1 saturated heterocycles. The third-order valence-corrected chi connectivity index (χ3v) is 11.0. The number of anilines is 3. The van der Waals surface area contributed by atoms with Crippen molar-refractivity contribution >= 4 is 60.7 Å². The van der Waals surface area contributed by atoms with E-state index >= 15 is 0 Å². The molecule has 2 aromatic carbocycles. The highest BCUT2D eigenvalue weighted by Gasteiger charge is 2.54. The Hall–Kier alpha value is -3.57. The lowest BCUT2D eigenvalue weighted by molar-refractivity contribution is -0.125. The van der Waals surface area contributed by atoms with Crippen LogP contribution in [0.25, 0.3) is 0 Å². The van der Waals surface area contributed by atoms with E-state index in [1.54, 1.807) is 12.3 Å². The Balaban J connectivity index is 1.11. The van der Waals surface area contributed by atoms with Gasteiger partial charge in [-0.3, -0.25) is 14.4 Å². The number of fused-ring (bicyclic) bond motifs is 5. The van der Waals surface area contributed by atoms with Gasteiger partial charge in [-0.2, -0.15) is 0 Å². The summed E-state index contributed by atoms with van der Waals surface area (Å²) < 4.78 is 25.1. The molecule has 7 rings (SSSR count). The Morgan fingerprint density at radius 2 is 1.77 bits per heavy atom. The summed E-state index contributed by atoms with van der Waals surface area (Å²) in [5, 5.41) is 5.83. The van der Waals surface area contributed by atoms with Crippen molar-refractivity contribution in [3.8, 4) is 0 Å². The van der Waals surface area contributed by atoms with Gasteiger partial charge in [0, 0.05) is 27.6 Å². The molecule has 2 spiro atoms. The number of sulfone groups is 1. The molecule has 3 amide bonds. The van der Waals surface area contributed by atoms with E-state index in [1.807, 2.05) is 42.5 Å². The summed E-state index contributed by atoms with van der Waals surface area (Å²) in [4.78, 5) is 45.8. The number of benzene rings is 2. The summed E-state index contributed by atoms with van der Waals surface area (Å²) >= 11 is 3.48. The van der Waals surface area contributed by atoms with Crippen molar-refractivity contribution < 1.29 is 22.8 Å². The largest absolute Gasteiger partial charge is 0.325 e. The summed E-state index contributed by atoms with van der Waals surface area (Å²) in [6, 6.07) is 14.9. The monoisotopic (exact) mass is 620 g/mol. The smallest absolute Gasteiger partial charge is 0.244 e. The Morgan fingerprint density at radius 1 is 1.00 bits per heavy atom.